The molecule has 132 valence electrons. The maximum Gasteiger partial charge on any atom is 0.0522 e. The van der Waals surface area contributed by atoms with E-state index in [-0.39, 0.29) is 0 Å². The topological polar surface area (TPSA) is 47.7 Å². The average molecular weight is 336 g/mol. The molecule has 25 heavy (non-hydrogen) atoms. The number of hydrogen-bond donors (Lipinski definition) is 2. The molecule has 3 aromatic rings. The minimum atomic E-state index is 0.578. The van der Waals surface area contributed by atoms with E-state index in [0.29, 0.717) is 11.8 Å². The average Bonchev–Trinajstić information content (AvgIpc) is 3.20. The summed E-state index contributed by atoms with van der Waals surface area (Å²) >= 11 is 0. The molecule has 1 aliphatic heterocycles. The number of rotatable bonds is 5. The molecule has 4 nitrogen and oxygen atoms in total. The zero-order chi connectivity index (χ0) is 17.2. The van der Waals surface area contributed by atoms with Crippen molar-refractivity contribution in [1.82, 2.24) is 20.1 Å². The van der Waals surface area contributed by atoms with Gasteiger partial charge in [0.05, 0.1) is 6.20 Å². The van der Waals surface area contributed by atoms with Crippen LogP contribution >= 0.6 is 0 Å². The number of fused-ring (bicyclic) bond motifs is 1. The highest BCUT2D eigenvalue weighted by Crippen LogP contribution is 2.29. The van der Waals surface area contributed by atoms with E-state index in [0.717, 1.165) is 19.5 Å². The monoisotopic (exact) mass is 336 g/mol. The second kappa shape index (κ2) is 7.04. The molecular weight excluding hydrogens is 308 g/mol. The molecule has 0 amide bonds. The van der Waals surface area contributed by atoms with Crippen molar-refractivity contribution >= 4 is 10.9 Å². The van der Waals surface area contributed by atoms with E-state index in [4.69, 9.17) is 0 Å². The van der Waals surface area contributed by atoms with Gasteiger partial charge < -0.3 is 4.98 Å². The lowest BCUT2D eigenvalue weighted by molar-refractivity contribution is 0.196. The summed E-state index contributed by atoms with van der Waals surface area (Å²) in [6.07, 6.45) is 5.66. The van der Waals surface area contributed by atoms with Crippen LogP contribution in [-0.4, -0.2) is 33.2 Å². The van der Waals surface area contributed by atoms with Crippen molar-refractivity contribution in [3.05, 3.63) is 53.5 Å². The second-order valence-electron chi connectivity index (χ2n) is 7.86. The largest absolute Gasteiger partial charge is 0.357 e. The Bertz CT molecular complexity index is 796. The van der Waals surface area contributed by atoms with Gasteiger partial charge in [0.25, 0.3) is 0 Å². The fraction of sp³-hybridized carbons (Fsp3) is 0.476. The quantitative estimate of drug-likeness (QED) is 0.722. The smallest absolute Gasteiger partial charge is 0.0522 e. The maximum absolute atomic E-state index is 4.34. The minimum Gasteiger partial charge on any atom is -0.357 e. The van der Waals surface area contributed by atoms with Crippen LogP contribution in [0.3, 0.4) is 0 Å². The first kappa shape index (κ1) is 16.4. The van der Waals surface area contributed by atoms with Crippen LogP contribution in [0, 0.1) is 5.92 Å². The first-order valence-corrected chi connectivity index (χ1v) is 9.50. The Hall–Kier alpha value is -2.07. The number of nitrogens with one attached hydrogen (secondary N) is 2. The lowest BCUT2D eigenvalue weighted by atomic mass is 9.90. The fourth-order valence-electron chi connectivity index (χ4n) is 4.17. The first-order valence-electron chi connectivity index (χ1n) is 9.50. The summed E-state index contributed by atoms with van der Waals surface area (Å²) in [5.41, 5.74) is 5.33. The third kappa shape index (κ3) is 3.64. The number of aromatic nitrogens is 3. The number of hydrogen-bond acceptors (Lipinski definition) is 2. The van der Waals surface area contributed by atoms with Gasteiger partial charge in [0.15, 0.2) is 0 Å². The summed E-state index contributed by atoms with van der Waals surface area (Å²) in [7, 11) is 0. The summed E-state index contributed by atoms with van der Waals surface area (Å²) in [5.74, 6) is 1.25. The van der Waals surface area contributed by atoms with E-state index in [1.165, 1.54) is 47.2 Å². The molecule has 0 unspecified atom stereocenters. The Morgan fingerprint density at radius 2 is 2.16 bits per heavy atom. The van der Waals surface area contributed by atoms with Gasteiger partial charge in [-0.1, -0.05) is 32.0 Å². The fourth-order valence-corrected chi connectivity index (χ4v) is 4.17. The molecule has 0 bridgehead atoms. The number of piperidine rings is 1. The lowest BCUT2D eigenvalue weighted by Gasteiger charge is -2.32. The van der Waals surface area contributed by atoms with Crippen LogP contribution < -0.4 is 0 Å². The number of nitrogens with zero attached hydrogens (tertiary/aromatic N) is 2. The predicted molar refractivity (Wildman–Crippen MR) is 103 cm³/mol. The molecule has 1 aliphatic rings. The highest BCUT2D eigenvalue weighted by atomic mass is 15.2. The summed E-state index contributed by atoms with van der Waals surface area (Å²) in [4.78, 5) is 6.15. The van der Waals surface area contributed by atoms with Crippen LogP contribution in [0.4, 0.5) is 0 Å². The van der Waals surface area contributed by atoms with E-state index in [2.05, 4.69) is 64.3 Å². The Morgan fingerprint density at radius 1 is 1.28 bits per heavy atom. The van der Waals surface area contributed by atoms with Crippen molar-refractivity contribution in [3.8, 4) is 0 Å². The number of para-hydroxylation sites is 1. The minimum absolute atomic E-state index is 0.578. The first-order chi connectivity index (χ1) is 12.2. The Morgan fingerprint density at radius 3 is 3.00 bits per heavy atom. The molecular formula is C21H28N4. The molecule has 0 saturated carbocycles. The summed E-state index contributed by atoms with van der Waals surface area (Å²) in [6.45, 7) is 7.85. The molecule has 3 heterocycles. The molecule has 1 fully saturated rings. The van der Waals surface area contributed by atoms with E-state index in [9.17, 15) is 0 Å². The standard InChI is InChI=1S/C21H28N4/c1-15(2)10-18-12-22-24-21(18)17-7-5-9-25(13-17)14-19-11-16-6-3-4-8-20(16)23-19/h3-4,6,8,11-12,15,17,23H,5,7,9-10,13-14H2,1-2H3,(H,22,24)/t17-/m0/s1. The molecule has 0 radical (unpaired) electrons. The molecule has 4 heteroatoms. The van der Waals surface area contributed by atoms with Gasteiger partial charge in [-0.2, -0.15) is 5.10 Å². The lowest BCUT2D eigenvalue weighted by Crippen LogP contribution is -2.34. The van der Waals surface area contributed by atoms with Gasteiger partial charge in [0, 0.05) is 35.9 Å². The van der Waals surface area contributed by atoms with Gasteiger partial charge in [-0.05, 0) is 54.8 Å². The third-order valence-corrected chi connectivity index (χ3v) is 5.27. The summed E-state index contributed by atoms with van der Waals surface area (Å²) in [6, 6.07) is 10.8. The number of aromatic amines is 2. The van der Waals surface area contributed by atoms with Crippen LogP contribution in [0.2, 0.25) is 0 Å². The zero-order valence-electron chi connectivity index (χ0n) is 15.3. The maximum atomic E-state index is 4.34. The van der Waals surface area contributed by atoms with Crippen molar-refractivity contribution < 1.29 is 0 Å². The SMILES string of the molecule is CC(C)Cc1cn[nH]c1[C@H]1CCCN(Cc2cc3ccccc3[nH]2)C1. The van der Waals surface area contributed by atoms with Gasteiger partial charge in [-0.3, -0.25) is 10.00 Å². The normalized spacial score (nSPS) is 19.1. The van der Waals surface area contributed by atoms with Crippen LogP contribution in [0.5, 0.6) is 0 Å². The van der Waals surface area contributed by atoms with Crippen LogP contribution in [0.25, 0.3) is 10.9 Å². The Kier molecular flexibility index (Phi) is 4.62. The van der Waals surface area contributed by atoms with Gasteiger partial charge >= 0.3 is 0 Å². The highest BCUT2D eigenvalue weighted by molar-refractivity contribution is 5.80. The van der Waals surface area contributed by atoms with E-state index in [1.807, 2.05) is 6.20 Å². The van der Waals surface area contributed by atoms with Gasteiger partial charge in [-0.25, -0.2) is 0 Å². The molecule has 0 aliphatic carbocycles. The predicted octanol–water partition coefficient (Wildman–Crippen LogP) is 4.47. The van der Waals surface area contributed by atoms with Crippen molar-refractivity contribution in [1.29, 1.82) is 0 Å². The number of benzene rings is 1. The molecule has 1 aromatic carbocycles. The van der Waals surface area contributed by atoms with Gasteiger partial charge in [-0.15, -0.1) is 0 Å². The van der Waals surface area contributed by atoms with Crippen LogP contribution in [0.15, 0.2) is 36.5 Å². The van der Waals surface area contributed by atoms with Crippen molar-refractivity contribution in [2.24, 2.45) is 5.92 Å². The second-order valence-corrected chi connectivity index (χ2v) is 7.86. The Balaban J connectivity index is 1.46. The van der Waals surface area contributed by atoms with Gasteiger partial charge in [0.2, 0.25) is 0 Å². The van der Waals surface area contributed by atoms with Crippen molar-refractivity contribution in [3.63, 3.8) is 0 Å². The molecule has 4 rings (SSSR count). The number of likely N-dealkylation sites (tertiary alicyclic amines) is 1. The highest BCUT2D eigenvalue weighted by Gasteiger charge is 2.25. The molecule has 2 N–H and O–H groups in total. The summed E-state index contributed by atoms with van der Waals surface area (Å²) in [5, 5.41) is 8.95. The van der Waals surface area contributed by atoms with E-state index in [1.54, 1.807) is 0 Å². The molecule has 0 spiro atoms. The third-order valence-electron chi connectivity index (χ3n) is 5.27. The van der Waals surface area contributed by atoms with Gasteiger partial charge in [0.1, 0.15) is 0 Å². The molecule has 2 aromatic heterocycles. The summed E-state index contributed by atoms with van der Waals surface area (Å²) < 4.78 is 0. The van der Waals surface area contributed by atoms with E-state index >= 15 is 0 Å². The molecule has 1 saturated heterocycles. The zero-order valence-corrected chi connectivity index (χ0v) is 15.3. The Labute approximate surface area is 149 Å². The van der Waals surface area contributed by atoms with Crippen molar-refractivity contribution in [2.75, 3.05) is 13.1 Å². The van der Waals surface area contributed by atoms with Crippen LogP contribution in [0.1, 0.15) is 49.6 Å². The van der Waals surface area contributed by atoms with Crippen LogP contribution in [-0.2, 0) is 13.0 Å². The van der Waals surface area contributed by atoms with Crippen molar-refractivity contribution in [2.45, 2.75) is 45.6 Å². The number of H-pyrrole nitrogens is 2. The molecule has 1 atom stereocenters. The van der Waals surface area contributed by atoms with E-state index < -0.39 is 0 Å².